The number of hydrogen-bond acceptors (Lipinski definition) is 7. The van der Waals surface area contributed by atoms with Gasteiger partial charge in [0.25, 0.3) is 0 Å². The Morgan fingerprint density at radius 2 is 1.00 bits per heavy atom. The normalized spacial score (nSPS) is 14.3. The van der Waals surface area contributed by atoms with Crippen LogP contribution in [0, 0.1) is 0 Å². The number of ether oxygens (including phenoxy) is 2. The minimum Gasteiger partial charge on any atom is -0.462 e. The summed E-state index contributed by atoms with van der Waals surface area (Å²) in [5, 5.41) is 0. The first-order chi connectivity index (χ1) is 28.5. The summed E-state index contributed by atoms with van der Waals surface area (Å²) in [7, 11) is 1.41. The van der Waals surface area contributed by atoms with Crippen LogP contribution in [-0.4, -0.2) is 74.9 Å². The quantitative estimate of drug-likeness (QED) is 0.0214. The van der Waals surface area contributed by atoms with Crippen molar-refractivity contribution >= 4 is 19.8 Å². The number of phosphoric ester groups is 1. The Bertz CT molecular complexity index is 1280. The van der Waals surface area contributed by atoms with E-state index >= 15 is 0 Å². The second-order valence-corrected chi connectivity index (χ2v) is 17.5. The Hall–Kier alpha value is -2.81. The highest BCUT2D eigenvalue weighted by Gasteiger charge is 2.27. The Morgan fingerprint density at radius 1 is 0.542 bits per heavy atom. The molecule has 0 aliphatic carbocycles. The number of likely N-dealkylation sites (N-methyl/N-ethyl adjacent to an activating group) is 1. The maximum atomic E-state index is 12.7. The van der Waals surface area contributed by atoms with Crippen LogP contribution >= 0.6 is 7.82 Å². The fourth-order valence-corrected chi connectivity index (χ4v) is 6.36. The molecule has 338 valence electrons. The van der Waals surface area contributed by atoms with Crippen molar-refractivity contribution in [3.8, 4) is 0 Å². The van der Waals surface area contributed by atoms with E-state index in [2.05, 4.69) is 86.8 Å². The molecule has 0 aliphatic heterocycles. The van der Waals surface area contributed by atoms with Crippen LogP contribution in [-0.2, 0) is 32.7 Å². The van der Waals surface area contributed by atoms with Crippen molar-refractivity contribution < 1.29 is 42.1 Å². The van der Waals surface area contributed by atoms with Gasteiger partial charge in [0.1, 0.15) is 19.8 Å². The van der Waals surface area contributed by atoms with Gasteiger partial charge in [0.2, 0.25) is 0 Å². The highest BCUT2D eigenvalue weighted by atomic mass is 31.2. The Labute approximate surface area is 361 Å². The largest absolute Gasteiger partial charge is 0.472 e. The fraction of sp³-hybridized carbons (Fsp3) is 0.673. The number of esters is 2. The van der Waals surface area contributed by atoms with Gasteiger partial charge in [-0.05, 0) is 77.0 Å². The van der Waals surface area contributed by atoms with E-state index in [1.54, 1.807) is 0 Å². The fourth-order valence-electron chi connectivity index (χ4n) is 5.62. The molecule has 1 N–H and O–H groups in total. The van der Waals surface area contributed by atoms with E-state index in [1.165, 1.54) is 51.4 Å². The minimum atomic E-state index is -4.40. The molecule has 0 amide bonds. The third kappa shape index (κ3) is 44.6. The molecule has 0 aliphatic rings. The summed E-state index contributed by atoms with van der Waals surface area (Å²) in [6, 6.07) is 0. The average Bonchev–Trinajstić information content (AvgIpc) is 3.19. The van der Waals surface area contributed by atoms with E-state index in [0.717, 1.165) is 70.6 Å². The summed E-state index contributed by atoms with van der Waals surface area (Å²) < 4.78 is 34.2. The lowest BCUT2D eigenvalue weighted by molar-refractivity contribution is -0.870. The topological polar surface area (TPSA) is 108 Å². The molecule has 0 saturated carbocycles. The number of quaternary nitrogens is 1. The Balaban J connectivity index is 4.50. The average molecular weight is 847 g/mol. The Morgan fingerprint density at radius 3 is 1.51 bits per heavy atom. The van der Waals surface area contributed by atoms with Gasteiger partial charge in [-0.25, -0.2) is 4.57 Å². The number of nitrogens with zero attached hydrogens (tertiary/aromatic N) is 1. The van der Waals surface area contributed by atoms with Crippen LogP contribution < -0.4 is 0 Å². The van der Waals surface area contributed by atoms with Gasteiger partial charge in [0, 0.05) is 12.8 Å². The summed E-state index contributed by atoms with van der Waals surface area (Å²) in [5.74, 6) is -0.913. The summed E-state index contributed by atoms with van der Waals surface area (Å²) in [4.78, 5) is 35.4. The van der Waals surface area contributed by atoms with Crippen LogP contribution in [0.4, 0.5) is 0 Å². The zero-order valence-corrected chi connectivity index (χ0v) is 38.8. The van der Waals surface area contributed by atoms with Crippen molar-refractivity contribution in [1.82, 2.24) is 0 Å². The standard InChI is InChI=1S/C49H84NO8P/c1-6-8-10-12-14-16-18-20-22-24-25-26-28-30-32-34-36-38-40-42-49(52)58-47(46-57-59(53,54)56-44-43-50(3,4)5)45-55-48(51)41-39-37-35-33-31-29-27-23-21-19-17-15-13-11-9-7-2/h8,10,14,16,20,22-23,25-27,30,32,36,38,47H,6-7,9,11-13,15,17-19,21,24,28-29,31,33-35,37,39-46H2,1-5H3/p+1/b10-8-,16-14-,22-20-,26-25-,27-23-,32-30-,38-36-/t47-/m1/s1. The van der Waals surface area contributed by atoms with Crippen molar-refractivity contribution in [2.75, 3.05) is 47.5 Å². The van der Waals surface area contributed by atoms with E-state index in [1.807, 2.05) is 33.3 Å². The Kier molecular flexibility index (Phi) is 38.7. The van der Waals surface area contributed by atoms with Gasteiger partial charge in [-0.2, -0.15) is 0 Å². The predicted octanol–water partition coefficient (Wildman–Crippen LogP) is 13.2. The molecule has 9 nitrogen and oxygen atoms in total. The van der Waals surface area contributed by atoms with Crippen molar-refractivity contribution in [2.24, 2.45) is 0 Å². The van der Waals surface area contributed by atoms with Gasteiger partial charge < -0.3 is 18.9 Å². The molecule has 0 radical (unpaired) electrons. The molecule has 0 bridgehead atoms. The van der Waals surface area contributed by atoms with Crippen LogP contribution in [0.2, 0.25) is 0 Å². The molecular weight excluding hydrogens is 762 g/mol. The summed E-state index contributed by atoms with van der Waals surface area (Å²) in [6.45, 7) is 4.19. The zero-order valence-electron chi connectivity index (χ0n) is 38.0. The van der Waals surface area contributed by atoms with E-state index in [-0.39, 0.29) is 26.1 Å². The molecule has 0 spiro atoms. The van der Waals surface area contributed by atoms with Crippen LogP contribution in [0.15, 0.2) is 85.1 Å². The number of hydrogen-bond donors (Lipinski definition) is 1. The molecule has 0 aromatic rings. The first-order valence-electron chi connectivity index (χ1n) is 22.8. The number of phosphoric acid groups is 1. The third-order valence-electron chi connectivity index (χ3n) is 9.17. The molecular formula is C49H85NO8P+. The summed E-state index contributed by atoms with van der Waals surface area (Å²) in [5.41, 5.74) is 0. The van der Waals surface area contributed by atoms with Gasteiger partial charge >= 0.3 is 19.8 Å². The summed E-state index contributed by atoms with van der Waals surface area (Å²) in [6.07, 6.45) is 52.2. The second kappa shape index (κ2) is 40.6. The molecule has 1 unspecified atom stereocenters. The molecule has 0 aromatic heterocycles. The first-order valence-corrected chi connectivity index (χ1v) is 24.3. The van der Waals surface area contributed by atoms with E-state index in [9.17, 15) is 19.0 Å². The molecule has 0 heterocycles. The van der Waals surface area contributed by atoms with Gasteiger partial charge in [0.05, 0.1) is 27.7 Å². The number of carbonyl (C=O) groups excluding carboxylic acids is 2. The van der Waals surface area contributed by atoms with Crippen molar-refractivity contribution in [3.63, 3.8) is 0 Å². The van der Waals surface area contributed by atoms with Gasteiger partial charge in [-0.1, -0.05) is 157 Å². The lowest BCUT2D eigenvalue weighted by atomic mass is 10.1. The second-order valence-electron chi connectivity index (χ2n) is 16.0. The van der Waals surface area contributed by atoms with Crippen LogP contribution in [0.25, 0.3) is 0 Å². The SMILES string of the molecule is CC/C=C\C/C=C\C/C=C\C/C=C\C/C=C\C/C=C\CCC(=O)O[C@H](COC(=O)CCCCCCC/C=C\CCCCCCCCC)COP(=O)(O)OCC[N+](C)(C)C. The number of unbranched alkanes of at least 4 members (excludes halogenated alkanes) is 12. The third-order valence-corrected chi connectivity index (χ3v) is 10.2. The van der Waals surface area contributed by atoms with Gasteiger partial charge in [-0.15, -0.1) is 0 Å². The first kappa shape index (κ1) is 56.2. The number of carbonyl (C=O) groups is 2. The van der Waals surface area contributed by atoms with Crippen LogP contribution in [0.5, 0.6) is 0 Å². The van der Waals surface area contributed by atoms with E-state index < -0.39 is 32.5 Å². The van der Waals surface area contributed by atoms with Crippen LogP contribution in [0.3, 0.4) is 0 Å². The van der Waals surface area contributed by atoms with Gasteiger partial charge in [0.15, 0.2) is 6.10 Å². The van der Waals surface area contributed by atoms with Crippen molar-refractivity contribution in [1.29, 1.82) is 0 Å². The maximum Gasteiger partial charge on any atom is 0.472 e. The van der Waals surface area contributed by atoms with Gasteiger partial charge in [-0.3, -0.25) is 18.6 Å². The highest BCUT2D eigenvalue weighted by molar-refractivity contribution is 7.47. The zero-order chi connectivity index (χ0) is 43.6. The summed E-state index contributed by atoms with van der Waals surface area (Å²) >= 11 is 0. The van der Waals surface area contributed by atoms with Crippen molar-refractivity contribution in [3.05, 3.63) is 85.1 Å². The lowest BCUT2D eigenvalue weighted by Crippen LogP contribution is -2.37. The monoisotopic (exact) mass is 847 g/mol. The molecule has 0 fully saturated rings. The molecule has 2 atom stereocenters. The molecule has 0 saturated heterocycles. The van der Waals surface area contributed by atoms with Crippen molar-refractivity contribution in [2.45, 2.75) is 168 Å². The van der Waals surface area contributed by atoms with Crippen LogP contribution in [0.1, 0.15) is 162 Å². The smallest absolute Gasteiger partial charge is 0.462 e. The molecule has 0 rings (SSSR count). The lowest BCUT2D eigenvalue weighted by Gasteiger charge is -2.24. The number of rotatable bonds is 40. The molecule has 0 aromatic carbocycles. The predicted molar refractivity (Wildman–Crippen MR) is 247 cm³/mol. The maximum absolute atomic E-state index is 12.7. The highest BCUT2D eigenvalue weighted by Crippen LogP contribution is 2.43. The van der Waals surface area contributed by atoms with E-state index in [4.69, 9.17) is 18.5 Å². The van der Waals surface area contributed by atoms with E-state index in [0.29, 0.717) is 23.9 Å². The minimum absolute atomic E-state index is 0.0126. The molecule has 59 heavy (non-hydrogen) atoms. The molecule has 10 heteroatoms. The number of allylic oxidation sites excluding steroid dienone is 14.